The summed E-state index contributed by atoms with van der Waals surface area (Å²) in [6.07, 6.45) is 12.1. The molecule has 0 aromatic heterocycles. The van der Waals surface area contributed by atoms with Crippen LogP contribution in [-0.4, -0.2) is 11.9 Å². The highest BCUT2D eigenvalue weighted by Crippen LogP contribution is 2.27. The van der Waals surface area contributed by atoms with Gasteiger partial charge < -0.3 is 4.74 Å². The monoisotopic (exact) mass is 338 g/mol. The third-order valence-corrected chi connectivity index (χ3v) is 4.83. The van der Waals surface area contributed by atoms with E-state index in [4.69, 9.17) is 4.74 Å². The van der Waals surface area contributed by atoms with Crippen LogP contribution in [0.15, 0.2) is 24.3 Å². The molecule has 0 atom stereocenters. The molecule has 1 aliphatic rings. The van der Waals surface area contributed by atoms with Crippen LogP contribution >= 0.6 is 15.9 Å². The molecule has 1 aromatic rings. The van der Waals surface area contributed by atoms with Crippen LogP contribution in [-0.2, 0) is 6.42 Å². The molecule has 0 unspecified atom stereocenters. The van der Waals surface area contributed by atoms with Crippen molar-refractivity contribution in [2.45, 2.75) is 57.8 Å². The van der Waals surface area contributed by atoms with Gasteiger partial charge in [-0.3, -0.25) is 0 Å². The van der Waals surface area contributed by atoms with Gasteiger partial charge >= 0.3 is 0 Å². The summed E-state index contributed by atoms with van der Waals surface area (Å²) in [7, 11) is 0. The second-order valence-electron chi connectivity index (χ2n) is 5.93. The quantitative estimate of drug-likeness (QED) is 0.433. The maximum atomic E-state index is 5.85. The predicted octanol–water partition coefficient (Wildman–Crippen LogP) is 5.75. The van der Waals surface area contributed by atoms with Gasteiger partial charge in [-0.05, 0) is 49.3 Å². The van der Waals surface area contributed by atoms with Gasteiger partial charge in [0.25, 0.3) is 0 Å². The van der Waals surface area contributed by atoms with E-state index in [1.54, 1.807) is 0 Å². The van der Waals surface area contributed by atoms with E-state index in [2.05, 4.69) is 40.2 Å². The normalized spacial score (nSPS) is 16.2. The molecule has 20 heavy (non-hydrogen) atoms. The fourth-order valence-electron chi connectivity index (χ4n) is 3.06. The fraction of sp³-hybridized carbons (Fsp3) is 0.667. The van der Waals surface area contributed by atoms with Gasteiger partial charge in [-0.25, -0.2) is 0 Å². The van der Waals surface area contributed by atoms with Crippen LogP contribution < -0.4 is 4.74 Å². The van der Waals surface area contributed by atoms with Crippen molar-refractivity contribution in [2.75, 3.05) is 11.9 Å². The minimum atomic E-state index is 0.872. The van der Waals surface area contributed by atoms with Crippen molar-refractivity contribution in [1.29, 1.82) is 0 Å². The lowest BCUT2D eigenvalue weighted by Gasteiger charge is -2.21. The van der Waals surface area contributed by atoms with Crippen LogP contribution in [0.5, 0.6) is 5.75 Å². The average molecular weight is 339 g/mol. The summed E-state index contributed by atoms with van der Waals surface area (Å²) in [5.74, 6) is 2.00. The Morgan fingerprint density at radius 1 is 1.00 bits per heavy atom. The van der Waals surface area contributed by atoms with Crippen molar-refractivity contribution in [2.24, 2.45) is 5.92 Å². The number of aryl methyl sites for hydroxylation is 1. The van der Waals surface area contributed by atoms with E-state index >= 15 is 0 Å². The Labute approximate surface area is 132 Å². The Hall–Kier alpha value is -0.500. The van der Waals surface area contributed by atoms with Crippen molar-refractivity contribution < 1.29 is 4.74 Å². The summed E-state index contributed by atoms with van der Waals surface area (Å²) in [5.41, 5.74) is 1.40. The number of hydrogen-bond acceptors (Lipinski definition) is 1. The van der Waals surface area contributed by atoms with Gasteiger partial charge in [-0.15, -0.1) is 0 Å². The van der Waals surface area contributed by atoms with Crippen molar-refractivity contribution >= 4 is 15.9 Å². The average Bonchev–Trinajstić information content (AvgIpc) is 2.52. The second-order valence-corrected chi connectivity index (χ2v) is 6.72. The molecular weight excluding hydrogens is 312 g/mol. The molecule has 1 fully saturated rings. The lowest BCUT2D eigenvalue weighted by atomic mass is 9.86. The molecule has 0 saturated heterocycles. The molecule has 1 aliphatic carbocycles. The first-order valence-corrected chi connectivity index (χ1v) is 9.28. The van der Waals surface area contributed by atoms with Crippen LogP contribution in [0.1, 0.15) is 56.9 Å². The molecule has 0 amide bonds. The highest BCUT2D eigenvalue weighted by atomic mass is 79.9. The molecule has 0 radical (unpaired) electrons. The Bertz CT molecular complexity index is 354. The van der Waals surface area contributed by atoms with Gasteiger partial charge in [0, 0.05) is 5.33 Å². The number of hydrogen-bond donors (Lipinski definition) is 0. The van der Waals surface area contributed by atoms with Gasteiger partial charge in [0.1, 0.15) is 5.75 Å². The molecule has 2 rings (SSSR count). The lowest BCUT2D eigenvalue weighted by Crippen LogP contribution is -2.08. The van der Waals surface area contributed by atoms with E-state index < -0.39 is 0 Å². The molecule has 1 nitrogen and oxygen atoms in total. The molecule has 0 bridgehead atoms. The Kier molecular flexibility index (Phi) is 7.49. The van der Waals surface area contributed by atoms with Crippen molar-refractivity contribution in [3.05, 3.63) is 29.8 Å². The van der Waals surface area contributed by atoms with E-state index in [0.717, 1.165) is 30.0 Å². The first-order chi connectivity index (χ1) is 9.88. The molecule has 1 saturated carbocycles. The number of alkyl halides is 1. The van der Waals surface area contributed by atoms with E-state index in [9.17, 15) is 0 Å². The van der Waals surface area contributed by atoms with Gasteiger partial charge in [0.15, 0.2) is 0 Å². The van der Waals surface area contributed by atoms with Gasteiger partial charge in [-0.1, -0.05) is 60.2 Å². The second kappa shape index (κ2) is 9.44. The van der Waals surface area contributed by atoms with Crippen LogP contribution in [0.3, 0.4) is 0 Å². The van der Waals surface area contributed by atoms with Gasteiger partial charge in [0.05, 0.1) is 6.61 Å². The number of rotatable bonds is 8. The molecule has 1 aromatic carbocycles. The zero-order chi connectivity index (χ0) is 14.0. The summed E-state index contributed by atoms with van der Waals surface area (Å²) in [6, 6.07) is 8.62. The van der Waals surface area contributed by atoms with Crippen molar-refractivity contribution in [1.82, 2.24) is 0 Å². The highest BCUT2D eigenvalue weighted by Gasteiger charge is 2.12. The third kappa shape index (κ3) is 5.87. The SMILES string of the molecule is BrCCCc1ccc(OCCCC2CCCCC2)cc1. The summed E-state index contributed by atoms with van der Waals surface area (Å²) < 4.78 is 5.85. The van der Waals surface area contributed by atoms with Gasteiger partial charge in [0.2, 0.25) is 0 Å². The predicted molar refractivity (Wildman–Crippen MR) is 89.9 cm³/mol. The largest absolute Gasteiger partial charge is 0.494 e. The van der Waals surface area contributed by atoms with E-state index in [1.165, 1.54) is 56.9 Å². The van der Waals surface area contributed by atoms with E-state index in [1.807, 2.05) is 0 Å². The lowest BCUT2D eigenvalue weighted by molar-refractivity contribution is 0.269. The smallest absolute Gasteiger partial charge is 0.119 e. The summed E-state index contributed by atoms with van der Waals surface area (Å²) in [4.78, 5) is 0. The molecule has 0 aliphatic heterocycles. The number of benzene rings is 1. The zero-order valence-corrected chi connectivity index (χ0v) is 14.0. The Balaban J connectivity index is 1.61. The topological polar surface area (TPSA) is 9.23 Å². The molecule has 0 heterocycles. The minimum Gasteiger partial charge on any atom is -0.494 e. The summed E-state index contributed by atoms with van der Waals surface area (Å²) in [6.45, 7) is 0.872. The van der Waals surface area contributed by atoms with E-state index in [0.29, 0.717) is 0 Å². The number of halogens is 1. The fourth-order valence-corrected chi connectivity index (χ4v) is 3.34. The Morgan fingerprint density at radius 2 is 1.75 bits per heavy atom. The maximum absolute atomic E-state index is 5.85. The van der Waals surface area contributed by atoms with Crippen molar-refractivity contribution in [3.8, 4) is 5.75 Å². The summed E-state index contributed by atoms with van der Waals surface area (Å²) in [5, 5.41) is 1.08. The molecule has 0 N–H and O–H groups in total. The zero-order valence-electron chi connectivity index (χ0n) is 12.5. The molecule has 112 valence electrons. The standard InChI is InChI=1S/C18H27BrO/c19-14-4-8-17-10-12-18(13-11-17)20-15-5-9-16-6-2-1-3-7-16/h10-13,16H,1-9,14-15H2. The molecular formula is C18H27BrO. The van der Waals surface area contributed by atoms with Crippen LogP contribution in [0.2, 0.25) is 0 Å². The van der Waals surface area contributed by atoms with Gasteiger partial charge in [-0.2, -0.15) is 0 Å². The van der Waals surface area contributed by atoms with Crippen molar-refractivity contribution in [3.63, 3.8) is 0 Å². The highest BCUT2D eigenvalue weighted by molar-refractivity contribution is 9.09. The summed E-state index contributed by atoms with van der Waals surface area (Å²) >= 11 is 3.47. The third-order valence-electron chi connectivity index (χ3n) is 4.27. The molecule has 0 spiro atoms. The maximum Gasteiger partial charge on any atom is 0.119 e. The Morgan fingerprint density at radius 3 is 2.45 bits per heavy atom. The number of ether oxygens (including phenoxy) is 1. The van der Waals surface area contributed by atoms with Crippen LogP contribution in [0.25, 0.3) is 0 Å². The first-order valence-electron chi connectivity index (χ1n) is 8.16. The van der Waals surface area contributed by atoms with Crippen LogP contribution in [0, 0.1) is 5.92 Å². The van der Waals surface area contributed by atoms with Crippen LogP contribution in [0.4, 0.5) is 0 Å². The first kappa shape index (κ1) is 15.9. The van der Waals surface area contributed by atoms with E-state index in [-0.39, 0.29) is 0 Å². The molecule has 2 heteroatoms. The minimum absolute atomic E-state index is 0.872.